The minimum Gasteiger partial charge on any atom is -0.305 e. The van der Waals surface area contributed by atoms with Crippen molar-refractivity contribution in [2.24, 2.45) is 0 Å². The van der Waals surface area contributed by atoms with E-state index < -0.39 is 0 Å². The zero-order chi connectivity index (χ0) is 13.2. The van der Waals surface area contributed by atoms with Gasteiger partial charge in [-0.15, -0.1) is 0 Å². The monoisotopic (exact) mass is 285 g/mol. The van der Waals surface area contributed by atoms with Crippen molar-refractivity contribution in [3.63, 3.8) is 0 Å². The molecule has 1 unspecified atom stereocenters. The quantitative estimate of drug-likeness (QED) is 0.915. The number of Topliss-reactive ketones (excluding diaryl/α,β-unsaturated/α-hetero) is 1. The lowest BCUT2D eigenvalue weighted by atomic mass is 9.86. The molecule has 0 saturated carbocycles. The van der Waals surface area contributed by atoms with Crippen molar-refractivity contribution >= 4 is 29.0 Å². The third-order valence-corrected chi connectivity index (χ3v) is 4.34. The number of ketones is 1. The first-order chi connectivity index (χ1) is 8.57. The third-order valence-electron chi connectivity index (χ3n) is 3.74. The highest BCUT2D eigenvalue weighted by molar-refractivity contribution is 6.33. The van der Waals surface area contributed by atoms with Crippen LogP contribution in [0.15, 0.2) is 18.2 Å². The molecule has 1 aromatic carbocycles. The summed E-state index contributed by atoms with van der Waals surface area (Å²) in [6.07, 6.45) is 3.15. The highest BCUT2D eigenvalue weighted by Gasteiger charge is 2.38. The largest absolute Gasteiger partial charge is 0.305 e. The van der Waals surface area contributed by atoms with Crippen LogP contribution in [0.1, 0.15) is 31.7 Å². The minimum absolute atomic E-state index is 0.215. The minimum atomic E-state index is -0.356. The van der Waals surface area contributed by atoms with E-state index in [1.807, 2.05) is 0 Å². The molecule has 18 heavy (non-hydrogen) atoms. The molecule has 1 aliphatic heterocycles. The van der Waals surface area contributed by atoms with Crippen molar-refractivity contribution in [1.29, 1.82) is 0 Å². The first-order valence-electron chi connectivity index (χ1n) is 6.29. The second kappa shape index (κ2) is 5.60. The summed E-state index contributed by atoms with van der Waals surface area (Å²) in [4.78, 5) is 12.5. The molecule has 1 N–H and O–H groups in total. The van der Waals surface area contributed by atoms with E-state index in [9.17, 15) is 4.79 Å². The Hall–Kier alpha value is -0.570. The van der Waals surface area contributed by atoms with Crippen LogP contribution in [0.25, 0.3) is 0 Å². The molecule has 0 aromatic heterocycles. The molecule has 1 saturated heterocycles. The van der Waals surface area contributed by atoms with Crippen molar-refractivity contribution in [3.8, 4) is 0 Å². The molecule has 1 atom stereocenters. The summed E-state index contributed by atoms with van der Waals surface area (Å²) in [5.74, 6) is 0.215. The Labute approximate surface area is 118 Å². The number of halogens is 2. The molecule has 4 heteroatoms. The van der Waals surface area contributed by atoms with E-state index in [1.54, 1.807) is 18.2 Å². The van der Waals surface area contributed by atoms with E-state index in [0.717, 1.165) is 31.4 Å². The molecular weight excluding hydrogens is 269 g/mol. The fourth-order valence-electron chi connectivity index (χ4n) is 2.56. The molecule has 2 nitrogen and oxygen atoms in total. The molecule has 0 radical (unpaired) electrons. The Morgan fingerprint density at radius 1 is 1.44 bits per heavy atom. The van der Waals surface area contributed by atoms with Gasteiger partial charge in [0.15, 0.2) is 5.78 Å². The fraction of sp³-hybridized carbons (Fsp3) is 0.500. The summed E-state index contributed by atoms with van der Waals surface area (Å²) >= 11 is 12.0. The fourth-order valence-corrected chi connectivity index (χ4v) is 2.94. The van der Waals surface area contributed by atoms with E-state index >= 15 is 0 Å². The SMILES string of the molecule is CCC1(C(=O)Cc2cc(Cl)ccc2Cl)CCCN1. The highest BCUT2D eigenvalue weighted by atomic mass is 35.5. The number of carbonyl (C=O) groups is 1. The first kappa shape index (κ1) is 13.9. The van der Waals surface area contributed by atoms with Crippen LogP contribution in [0, 0.1) is 0 Å². The van der Waals surface area contributed by atoms with Crippen LogP contribution in [0.4, 0.5) is 0 Å². The second-order valence-electron chi connectivity index (χ2n) is 4.80. The molecule has 0 aliphatic carbocycles. The van der Waals surface area contributed by atoms with Gasteiger partial charge in [0.1, 0.15) is 0 Å². The van der Waals surface area contributed by atoms with Crippen molar-refractivity contribution in [2.75, 3.05) is 6.54 Å². The molecule has 1 fully saturated rings. The van der Waals surface area contributed by atoms with E-state index in [4.69, 9.17) is 23.2 Å². The van der Waals surface area contributed by atoms with Crippen molar-refractivity contribution in [3.05, 3.63) is 33.8 Å². The highest BCUT2D eigenvalue weighted by Crippen LogP contribution is 2.28. The van der Waals surface area contributed by atoms with Crippen molar-refractivity contribution in [2.45, 2.75) is 38.1 Å². The number of carbonyl (C=O) groups excluding carboxylic acids is 1. The Morgan fingerprint density at radius 3 is 2.83 bits per heavy atom. The first-order valence-corrected chi connectivity index (χ1v) is 7.05. The van der Waals surface area contributed by atoms with Gasteiger partial charge in [-0.05, 0) is 49.6 Å². The lowest BCUT2D eigenvalue weighted by molar-refractivity contribution is -0.124. The summed E-state index contributed by atoms with van der Waals surface area (Å²) in [6, 6.07) is 5.26. The molecule has 1 aliphatic rings. The van der Waals surface area contributed by atoms with Gasteiger partial charge >= 0.3 is 0 Å². The maximum absolute atomic E-state index is 12.5. The van der Waals surface area contributed by atoms with E-state index in [1.165, 1.54) is 0 Å². The second-order valence-corrected chi connectivity index (χ2v) is 5.65. The number of hydrogen-bond acceptors (Lipinski definition) is 2. The topological polar surface area (TPSA) is 29.1 Å². The van der Waals surface area contributed by atoms with Crippen LogP contribution in [-0.4, -0.2) is 17.9 Å². The van der Waals surface area contributed by atoms with E-state index in [-0.39, 0.29) is 11.3 Å². The Morgan fingerprint density at radius 2 is 2.22 bits per heavy atom. The Bertz CT molecular complexity index is 453. The Balaban J connectivity index is 2.18. The van der Waals surface area contributed by atoms with Gasteiger partial charge in [-0.3, -0.25) is 4.79 Å². The van der Waals surface area contributed by atoms with Crippen LogP contribution in [0.2, 0.25) is 10.0 Å². The smallest absolute Gasteiger partial charge is 0.157 e. The zero-order valence-electron chi connectivity index (χ0n) is 10.4. The van der Waals surface area contributed by atoms with Gasteiger partial charge in [0, 0.05) is 16.5 Å². The maximum Gasteiger partial charge on any atom is 0.157 e. The summed E-state index contributed by atoms with van der Waals surface area (Å²) < 4.78 is 0. The summed E-state index contributed by atoms with van der Waals surface area (Å²) in [6.45, 7) is 2.97. The van der Waals surface area contributed by atoms with Crippen LogP contribution in [0.5, 0.6) is 0 Å². The van der Waals surface area contributed by atoms with E-state index in [0.29, 0.717) is 16.5 Å². The van der Waals surface area contributed by atoms with Crippen LogP contribution in [-0.2, 0) is 11.2 Å². The summed E-state index contributed by atoms with van der Waals surface area (Å²) in [5.41, 5.74) is 0.460. The van der Waals surface area contributed by atoms with Gasteiger partial charge < -0.3 is 5.32 Å². The molecule has 0 spiro atoms. The molecule has 98 valence electrons. The molecule has 1 heterocycles. The van der Waals surface area contributed by atoms with Crippen molar-refractivity contribution in [1.82, 2.24) is 5.32 Å². The Kier molecular flexibility index (Phi) is 4.31. The standard InChI is InChI=1S/C14H17Cl2NO/c1-2-14(6-3-7-17-14)13(18)9-10-8-11(15)4-5-12(10)16/h4-5,8,17H,2-3,6-7,9H2,1H3. The number of hydrogen-bond donors (Lipinski definition) is 1. The van der Waals surface area contributed by atoms with Crippen LogP contribution in [0.3, 0.4) is 0 Å². The van der Waals surface area contributed by atoms with E-state index in [2.05, 4.69) is 12.2 Å². The zero-order valence-corrected chi connectivity index (χ0v) is 11.9. The maximum atomic E-state index is 12.5. The van der Waals surface area contributed by atoms with Gasteiger partial charge in [0.05, 0.1) is 5.54 Å². The molecular formula is C14H17Cl2NO. The number of rotatable bonds is 4. The molecule has 1 aromatic rings. The van der Waals surface area contributed by atoms with Gasteiger partial charge in [-0.1, -0.05) is 30.1 Å². The average Bonchev–Trinajstić information content (AvgIpc) is 2.84. The van der Waals surface area contributed by atoms with Gasteiger partial charge in [-0.2, -0.15) is 0 Å². The van der Waals surface area contributed by atoms with Gasteiger partial charge in [0.25, 0.3) is 0 Å². The average molecular weight is 286 g/mol. The lowest BCUT2D eigenvalue weighted by Crippen LogP contribution is -2.47. The molecule has 2 rings (SSSR count). The lowest BCUT2D eigenvalue weighted by Gasteiger charge is -2.26. The summed E-state index contributed by atoms with van der Waals surface area (Å²) in [7, 11) is 0. The predicted molar refractivity (Wildman–Crippen MR) is 75.4 cm³/mol. The third kappa shape index (κ3) is 2.71. The van der Waals surface area contributed by atoms with Crippen LogP contribution >= 0.6 is 23.2 Å². The van der Waals surface area contributed by atoms with Gasteiger partial charge in [0.2, 0.25) is 0 Å². The molecule has 0 amide bonds. The predicted octanol–water partition coefficient (Wildman–Crippen LogP) is 3.64. The summed E-state index contributed by atoms with van der Waals surface area (Å²) in [5, 5.41) is 4.57. The number of benzene rings is 1. The molecule has 0 bridgehead atoms. The van der Waals surface area contributed by atoms with Crippen LogP contribution < -0.4 is 5.32 Å². The normalized spacial score (nSPS) is 23.3. The van der Waals surface area contributed by atoms with Gasteiger partial charge in [-0.25, -0.2) is 0 Å². The number of nitrogens with one attached hydrogen (secondary N) is 1. The van der Waals surface area contributed by atoms with Crippen molar-refractivity contribution < 1.29 is 4.79 Å².